The van der Waals surface area contributed by atoms with Crippen LogP contribution >= 0.6 is 0 Å². The highest BCUT2D eigenvalue weighted by molar-refractivity contribution is 5.44. The maximum atomic E-state index is 5.79. The average molecular weight is 289 g/mol. The van der Waals surface area contributed by atoms with Gasteiger partial charge in [0.1, 0.15) is 0 Å². The summed E-state index contributed by atoms with van der Waals surface area (Å²) in [6, 6.07) is 6.70. The number of rotatable bonds is 5. The summed E-state index contributed by atoms with van der Waals surface area (Å²) in [6.45, 7) is 7.18. The molecule has 3 nitrogen and oxygen atoms in total. The Morgan fingerprint density at radius 2 is 1.90 bits per heavy atom. The normalized spacial score (nSPS) is 21.2. The molecule has 1 aromatic carbocycles. The fraction of sp³-hybridized carbons (Fsp3) is 0.667. The molecule has 1 aliphatic carbocycles. The van der Waals surface area contributed by atoms with E-state index in [-0.39, 0.29) is 0 Å². The van der Waals surface area contributed by atoms with Gasteiger partial charge in [-0.25, -0.2) is 0 Å². The quantitative estimate of drug-likeness (QED) is 0.886. The summed E-state index contributed by atoms with van der Waals surface area (Å²) < 4.78 is 11.5. The molecule has 2 aliphatic rings. The van der Waals surface area contributed by atoms with Crippen LogP contribution in [-0.2, 0) is 0 Å². The van der Waals surface area contributed by atoms with Crippen molar-refractivity contribution < 1.29 is 9.47 Å². The molecular formula is C18H27NO2. The molecule has 1 heterocycles. The number of hydrogen-bond donors (Lipinski definition) is 1. The monoisotopic (exact) mass is 289 g/mol. The van der Waals surface area contributed by atoms with Gasteiger partial charge in [-0.2, -0.15) is 0 Å². The summed E-state index contributed by atoms with van der Waals surface area (Å²) in [7, 11) is 0. The largest absolute Gasteiger partial charge is 0.490 e. The van der Waals surface area contributed by atoms with E-state index in [4.69, 9.17) is 9.47 Å². The SMILES string of the molecule is CCC1(CNC(C)c2ccc3c(c2)OCCCO3)CCC1. The van der Waals surface area contributed by atoms with Crippen LogP contribution in [0.1, 0.15) is 57.6 Å². The first-order valence-corrected chi connectivity index (χ1v) is 8.35. The Bertz CT molecular complexity index is 477. The minimum atomic E-state index is 0.353. The second kappa shape index (κ2) is 6.27. The van der Waals surface area contributed by atoms with Gasteiger partial charge in [-0.1, -0.05) is 19.4 Å². The Hall–Kier alpha value is -1.22. The van der Waals surface area contributed by atoms with Gasteiger partial charge in [-0.3, -0.25) is 0 Å². The van der Waals surface area contributed by atoms with Gasteiger partial charge in [-0.05, 0) is 49.3 Å². The molecule has 0 amide bonds. The van der Waals surface area contributed by atoms with Crippen molar-refractivity contribution in [3.63, 3.8) is 0 Å². The summed E-state index contributed by atoms with van der Waals surface area (Å²) in [5.74, 6) is 1.78. The smallest absolute Gasteiger partial charge is 0.161 e. The predicted molar refractivity (Wildman–Crippen MR) is 85.0 cm³/mol. The summed E-state index contributed by atoms with van der Waals surface area (Å²) in [6.07, 6.45) is 6.40. The molecule has 1 saturated carbocycles. The molecule has 1 aromatic rings. The Labute approximate surface area is 128 Å². The van der Waals surface area contributed by atoms with Gasteiger partial charge in [-0.15, -0.1) is 0 Å². The fourth-order valence-electron chi connectivity index (χ4n) is 3.27. The van der Waals surface area contributed by atoms with Gasteiger partial charge < -0.3 is 14.8 Å². The molecule has 3 heteroatoms. The first kappa shape index (κ1) is 14.7. The van der Waals surface area contributed by atoms with Gasteiger partial charge in [0.05, 0.1) is 13.2 Å². The van der Waals surface area contributed by atoms with E-state index in [0.29, 0.717) is 11.5 Å². The van der Waals surface area contributed by atoms with Gasteiger partial charge in [0.25, 0.3) is 0 Å². The highest BCUT2D eigenvalue weighted by Crippen LogP contribution is 2.43. The Morgan fingerprint density at radius 3 is 2.57 bits per heavy atom. The second-order valence-electron chi connectivity index (χ2n) is 6.57. The van der Waals surface area contributed by atoms with E-state index in [0.717, 1.165) is 37.7 Å². The second-order valence-corrected chi connectivity index (χ2v) is 6.57. The molecule has 116 valence electrons. The van der Waals surface area contributed by atoms with Crippen LogP contribution in [0.15, 0.2) is 18.2 Å². The van der Waals surface area contributed by atoms with Gasteiger partial charge >= 0.3 is 0 Å². The van der Waals surface area contributed by atoms with Crippen LogP contribution in [0.4, 0.5) is 0 Å². The first-order chi connectivity index (χ1) is 10.2. The van der Waals surface area contributed by atoms with Crippen molar-refractivity contribution in [1.82, 2.24) is 5.32 Å². The molecule has 0 radical (unpaired) electrons. The first-order valence-electron chi connectivity index (χ1n) is 8.35. The van der Waals surface area contributed by atoms with E-state index < -0.39 is 0 Å². The lowest BCUT2D eigenvalue weighted by atomic mass is 9.67. The summed E-state index contributed by atoms with van der Waals surface area (Å²) in [5, 5.41) is 3.72. The number of hydrogen-bond acceptors (Lipinski definition) is 3. The molecule has 1 unspecified atom stereocenters. The van der Waals surface area contributed by atoms with Gasteiger partial charge in [0.2, 0.25) is 0 Å². The third-order valence-corrected chi connectivity index (χ3v) is 5.22. The zero-order valence-corrected chi connectivity index (χ0v) is 13.3. The van der Waals surface area contributed by atoms with Crippen molar-refractivity contribution in [2.24, 2.45) is 5.41 Å². The maximum absolute atomic E-state index is 5.79. The van der Waals surface area contributed by atoms with Gasteiger partial charge in [0, 0.05) is 19.0 Å². The molecule has 1 atom stereocenters. The van der Waals surface area contributed by atoms with E-state index in [2.05, 4.69) is 31.3 Å². The third kappa shape index (κ3) is 3.18. The molecule has 21 heavy (non-hydrogen) atoms. The molecule has 0 saturated heterocycles. The Kier molecular flexibility index (Phi) is 4.39. The molecule has 0 spiro atoms. The number of fused-ring (bicyclic) bond motifs is 1. The minimum Gasteiger partial charge on any atom is -0.490 e. The van der Waals surface area contributed by atoms with Crippen LogP contribution in [0.5, 0.6) is 11.5 Å². The molecule has 3 rings (SSSR count). The maximum Gasteiger partial charge on any atom is 0.161 e. The molecular weight excluding hydrogens is 262 g/mol. The highest BCUT2D eigenvalue weighted by Gasteiger charge is 2.34. The number of benzene rings is 1. The van der Waals surface area contributed by atoms with Crippen LogP contribution in [0.3, 0.4) is 0 Å². The molecule has 0 bridgehead atoms. The molecule has 1 aliphatic heterocycles. The van der Waals surface area contributed by atoms with E-state index in [1.807, 2.05) is 6.07 Å². The minimum absolute atomic E-state index is 0.353. The molecule has 1 fully saturated rings. The van der Waals surface area contributed by atoms with Crippen molar-refractivity contribution in [2.75, 3.05) is 19.8 Å². The van der Waals surface area contributed by atoms with Crippen molar-refractivity contribution >= 4 is 0 Å². The number of nitrogens with one attached hydrogen (secondary N) is 1. The van der Waals surface area contributed by atoms with E-state index >= 15 is 0 Å². The van der Waals surface area contributed by atoms with Crippen LogP contribution < -0.4 is 14.8 Å². The molecule has 0 aromatic heterocycles. The number of ether oxygens (including phenoxy) is 2. The zero-order chi connectivity index (χ0) is 14.7. The summed E-state index contributed by atoms with van der Waals surface area (Å²) in [4.78, 5) is 0. The van der Waals surface area contributed by atoms with Crippen molar-refractivity contribution in [3.8, 4) is 11.5 Å². The van der Waals surface area contributed by atoms with Crippen LogP contribution in [0.2, 0.25) is 0 Å². The lowest BCUT2D eigenvalue weighted by Crippen LogP contribution is -2.40. The van der Waals surface area contributed by atoms with Crippen molar-refractivity contribution in [1.29, 1.82) is 0 Å². The lowest BCUT2D eigenvalue weighted by Gasteiger charge is -2.42. The Morgan fingerprint density at radius 1 is 1.14 bits per heavy atom. The Balaban J connectivity index is 1.64. The third-order valence-electron chi connectivity index (χ3n) is 5.22. The summed E-state index contributed by atoms with van der Waals surface area (Å²) >= 11 is 0. The van der Waals surface area contributed by atoms with Gasteiger partial charge in [0.15, 0.2) is 11.5 Å². The van der Waals surface area contributed by atoms with E-state index in [1.54, 1.807) is 0 Å². The van der Waals surface area contributed by atoms with E-state index in [1.165, 1.54) is 31.2 Å². The van der Waals surface area contributed by atoms with Crippen LogP contribution in [0, 0.1) is 5.41 Å². The van der Waals surface area contributed by atoms with Crippen LogP contribution in [0.25, 0.3) is 0 Å². The fourth-order valence-corrected chi connectivity index (χ4v) is 3.27. The molecule has 1 N–H and O–H groups in total. The lowest BCUT2D eigenvalue weighted by molar-refractivity contribution is 0.120. The predicted octanol–water partition coefficient (Wildman–Crippen LogP) is 4.08. The standard InChI is InChI=1S/C18H27NO2/c1-3-18(8-4-9-18)13-19-14(2)15-6-7-16-17(12-15)21-11-5-10-20-16/h6-7,12,14,19H,3-5,8-11,13H2,1-2H3. The average Bonchev–Trinajstić information content (AvgIpc) is 2.70. The van der Waals surface area contributed by atoms with Crippen molar-refractivity contribution in [3.05, 3.63) is 23.8 Å². The van der Waals surface area contributed by atoms with Crippen LogP contribution in [-0.4, -0.2) is 19.8 Å². The van der Waals surface area contributed by atoms with E-state index in [9.17, 15) is 0 Å². The summed E-state index contributed by atoms with van der Waals surface area (Å²) in [5.41, 5.74) is 1.84. The topological polar surface area (TPSA) is 30.5 Å². The highest BCUT2D eigenvalue weighted by atomic mass is 16.5. The van der Waals surface area contributed by atoms with Crippen molar-refractivity contribution in [2.45, 2.75) is 52.0 Å². The zero-order valence-electron chi connectivity index (χ0n) is 13.3.